The molecule has 2 aliphatic heterocycles. The van der Waals surface area contributed by atoms with Crippen molar-refractivity contribution in [3.8, 4) is 0 Å². The lowest BCUT2D eigenvalue weighted by Gasteiger charge is -2.29. The van der Waals surface area contributed by atoms with E-state index in [2.05, 4.69) is 15.7 Å². The van der Waals surface area contributed by atoms with Crippen LogP contribution in [0, 0.1) is 5.41 Å². The first-order valence-corrected chi connectivity index (χ1v) is 8.79. The van der Waals surface area contributed by atoms with Crippen LogP contribution in [-0.2, 0) is 9.53 Å². The minimum absolute atomic E-state index is 0.132. The van der Waals surface area contributed by atoms with Crippen LogP contribution in [0.1, 0.15) is 29.6 Å². The van der Waals surface area contributed by atoms with Crippen LogP contribution in [0.2, 0.25) is 5.02 Å². The number of fused-ring (bicyclic) bond motifs is 1. The lowest BCUT2D eigenvalue weighted by atomic mass is 9.76. The van der Waals surface area contributed by atoms with E-state index in [1.54, 1.807) is 22.8 Å². The molecular formula is C17H19ClN4O3. The number of piperidine rings is 1. The van der Waals surface area contributed by atoms with E-state index >= 15 is 0 Å². The molecule has 2 saturated heterocycles. The fourth-order valence-electron chi connectivity index (χ4n) is 3.73. The van der Waals surface area contributed by atoms with Crippen molar-refractivity contribution in [3.63, 3.8) is 0 Å². The molecule has 4 rings (SSSR count). The highest BCUT2D eigenvalue weighted by atomic mass is 35.5. The quantitative estimate of drug-likeness (QED) is 0.806. The van der Waals surface area contributed by atoms with Crippen LogP contribution in [0.3, 0.4) is 0 Å². The smallest absolute Gasteiger partial charge is 0.312 e. The van der Waals surface area contributed by atoms with E-state index in [4.69, 9.17) is 16.3 Å². The SMILES string of the molecule is O=C(NCC1CC2(CCNCC2)C(=O)O1)c1cnn2cccc(Cl)c12. The Hall–Kier alpha value is -2.12. The van der Waals surface area contributed by atoms with E-state index in [-0.39, 0.29) is 23.4 Å². The van der Waals surface area contributed by atoms with Gasteiger partial charge in [-0.05, 0) is 38.1 Å². The molecule has 0 radical (unpaired) electrons. The van der Waals surface area contributed by atoms with E-state index in [9.17, 15) is 9.59 Å². The lowest BCUT2D eigenvalue weighted by molar-refractivity contribution is -0.149. The highest BCUT2D eigenvalue weighted by Gasteiger charge is 2.49. The summed E-state index contributed by atoms with van der Waals surface area (Å²) in [5.74, 6) is -0.405. The Balaban J connectivity index is 1.43. The zero-order chi connectivity index (χ0) is 17.4. The third-order valence-corrected chi connectivity index (χ3v) is 5.42. The van der Waals surface area contributed by atoms with Gasteiger partial charge in [-0.15, -0.1) is 0 Å². The maximum Gasteiger partial charge on any atom is 0.312 e. The summed E-state index contributed by atoms with van der Waals surface area (Å²) in [6.07, 6.45) is 5.18. The second-order valence-electron chi connectivity index (χ2n) is 6.68. The minimum atomic E-state index is -0.381. The van der Waals surface area contributed by atoms with E-state index in [0.29, 0.717) is 29.1 Å². The molecule has 2 fully saturated rings. The second kappa shape index (κ2) is 6.31. The van der Waals surface area contributed by atoms with Crippen molar-refractivity contribution in [1.29, 1.82) is 0 Å². The molecule has 8 heteroatoms. The van der Waals surface area contributed by atoms with Crippen LogP contribution < -0.4 is 10.6 Å². The molecule has 1 unspecified atom stereocenters. The fraction of sp³-hybridized carbons (Fsp3) is 0.471. The van der Waals surface area contributed by atoms with Gasteiger partial charge in [0.05, 0.1) is 34.3 Å². The number of esters is 1. The standard InChI is InChI=1S/C17H19ClN4O3/c18-13-2-1-7-22-14(13)12(10-21-22)15(23)20-9-11-8-17(16(24)25-11)3-5-19-6-4-17/h1-2,7,10-11,19H,3-6,8-9H2,(H,20,23). The number of ether oxygens (including phenoxy) is 1. The van der Waals surface area contributed by atoms with Crippen LogP contribution in [0.25, 0.3) is 5.52 Å². The van der Waals surface area contributed by atoms with Gasteiger partial charge in [0.2, 0.25) is 0 Å². The molecule has 2 aromatic heterocycles. The summed E-state index contributed by atoms with van der Waals surface area (Å²) in [6, 6.07) is 3.48. The molecule has 4 heterocycles. The third kappa shape index (κ3) is 2.87. The van der Waals surface area contributed by atoms with Gasteiger partial charge in [-0.2, -0.15) is 5.10 Å². The largest absolute Gasteiger partial charge is 0.460 e. The Bertz CT molecular complexity index is 828. The number of pyridine rings is 1. The summed E-state index contributed by atoms with van der Waals surface area (Å²) in [4.78, 5) is 24.8. The van der Waals surface area contributed by atoms with Gasteiger partial charge in [0, 0.05) is 12.6 Å². The Morgan fingerprint density at radius 3 is 3.08 bits per heavy atom. The maximum atomic E-state index is 12.5. The van der Waals surface area contributed by atoms with Gasteiger partial charge in [0.1, 0.15) is 6.10 Å². The zero-order valence-corrected chi connectivity index (χ0v) is 14.4. The van der Waals surface area contributed by atoms with Crippen molar-refractivity contribution >= 4 is 29.0 Å². The monoisotopic (exact) mass is 362 g/mol. The fourth-order valence-corrected chi connectivity index (χ4v) is 3.99. The summed E-state index contributed by atoms with van der Waals surface area (Å²) in [5.41, 5.74) is 0.598. The molecule has 0 bridgehead atoms. The van der Waals surface area contributed by atoms with Crippen molar-refractivity contribution < 1.29 is 14.3 Å². The highest BCUT2D eigenvalue weighted by Crippen LogP contribution is 2.41. The highest BCUT2D eigenvalue weighted by molar-refractivity contribution is 6.34. The van der Waals surface area contributed by atoms with Gasteiger partial charge >= 0.3 is 5.97 Å². The molecule has 2 N–H and O–H groups in total. The van der Waals surface area contributed by atoms with E-state index in [1.807, 2.05) is 0 Å². The zero-order valence-electron chi connectivity index (χ0n) is 13.6. The molecule has 2 aromatic rings. The number of carbonyl (C=O) groups is 2. The number of nitrogens with one attached hydrogen (secondary N) is 2. The average Bonchev–Trinajstić information content (AvgIpc) is 3.17. The first kappa shape index (κ1) is 16.4. The number of cyclic esters (lactones) is 1. The first-order valence-electron chi connectivity index (χ1n) is 8.41. The molecule has 1 atom stereocenters. The molecule has 25 heavy (non-hydrogen) atoms. The van der Waals surface area contributed by atoms with Crippen LogP contribution in [0.4, 0.5) is 0 Å². The van der Waals surface area contributed by atoms with E-state index in [0.717, 1.165) is 25.9 Å². The van der Waals surface area contributed by atoms with Gasteiger partial charge in [-0.25, -0.2) is 4.52 Å². The Kier molecular flexibility index (Phi) is 4.13. The maximum absolute atomic E-state index is 12.5. The number of hydrogen-bond donors (Lipinski definition) is 2. The minimum Gasteiger partial charge on any atom is -0.460 e. The summed E-state index contributed by atoms with van der Waals surface area (Å²) in [7, 11) is 0. The summed E-state index contributed by atoms with van der Waals surface area (Å²) in [6.45, 7) is 1.95. The van der Waals surface area contributed by atoms with Gasteiger partial charge in [-0.1, -0.05) is 11.6 Å². The molecular weight excluding hydrogens is 344 g/mol. The molecule has 0 aliphatic carbocycles. The van der Waals surface area contributed by atoms with Crippen LogP contribution in [-0.4, -0.2) is 47.2 Å². The number of aromatic nitrogens is 2. The van der Waals surface area contributed by atoms with E-state index in [1.165, 1.54) is 6.20 Å². The predicted octanol–water partition coefficient (Wildman–Crippen LogP) is 1.40. The number of rotatable bonds is 3. The Labute approximate surface area is 149 Å². The summed E-state index contributed by atoms with van der Waals surface area (Å²) in [5, 5.41) is 10.7. The Morgan fingerprint density at radius 2 is 2.28 bits per heavy atom. The first-order chi connectivity index (χ1) is 12.1. The van der Waals surface area contributed by atoms with Gasteiger partial charge in [0.25, 0.3) is 5.91 Å². The van der Waals surface area contributed by atoms with Gasteiger partial charge in [0.15, 0.2) is 0 Å². The van der Waals surface area contributed by atoms with Crippen LogP contribution >= 0.6 is 11.6 Å². The molecule has 2 aliphatic rings. The number of hydrogen-bond acceptors (Lipinski definition) is 5. The van der Waals surface area contributed by atoms with Crippen molar-refractivity contribution in [2.75, 3.05) is 19.6 Å². The van der Waals surface area contributed by atoms with Crippen molar-refractivity contribution in [2.45, 2.75) is 25.4 Å². The number of halogens is 1. The van der Waals surface area contributed by atoms with Crippen molar-refractivity contribution in [2.24, 2.45) is 5.41 Å². The average molecular weight is 363 g/mol. The lowest BCUT2D eigenvalue weighted by Crippen LogP contribution is -2.39. The predicted molar refractivity (Wildman–Crippen MR) is 91.6 cm³/mol. The van der Waals surface area contributed by atoms with E-state index < -0.39 is 0 Å². The second-order valence-corrected chi connectivity index (χ2v) is 7.09. The van der Waals surface area contributed by atoms with Crippen molar-refractivity contribution in [1.82, 2.24) is 20.2 Å². The normalized spacial score (nSPS) is 22.3. The summed E-state index contributed by atoms with van der Waals surface area (Å²) < 4.78 is 7.07. The Morgan fingerprint density at radius 1 is 1.48 bits per heavy atom. The molecule has 1 amide bonds. The van der Waals surface area contributed by atoms with Gasteiger partial charge < -0.3 is 15.4 Å². The molecule has 0 saturated carbocycles. The van der Waals surface area contributed by atoms with Crippen LogP contribution in [0.15, 0.2) is 24.5 Å². The number of carbonyl (C=O) groups excluding carboxylic acids is 2. The number of nitrogens with zero attached hydrogens (tertiary/aromatic N) is 2. The summed E-state index contributed by atoms with van der Waals surface area (Å²) >= 11 is 6.18. The topological polar surface area (TPSA) is 84.7 Å². The molecule has 0 aromatic carbocycles. The third-order valence-electron chi connectivity index (χ3n) is 5.11. The molecule has 132 valence electrons. The molecule has 1 spiro atoms. The molecule has 7 nitrogen and oxygen atoms in total. The van der Waals surface area contributed by atoms with Crippen molar-refractivity contribution in [3.05, 3.63) is 35.1 Å². The number of amides is 1. The van der Waals surface area contributed by atoms with Gasteiger partial charge in [-0.3, -0.25) is 9.59 Å². The van der Waals surface area contributed by atoms with Crippen LogP contribution in [0.5, 0.6) is 0 Å².